The van der Waals surface area contributed by atoms with Gasteiger partial charge in [0.15, 0.2) is 0 Å². The molecule has 5 nitrogen and oxygen atoms in total. The summed E-state index contributed by atoms with van der Waals surface area (Å²) < 4.78 is 0. The molecule has 2 fully saturated rings. The number of aryl methyl sites for hydroxylation is 1. The summed E-state index contributed by atoms with van der Waals surface area (Å²) in [6.45, 7) is 6.19. The van der Waals surface area contributed by atoms with Crippen LogP contribution in [0.25, 0.3) is 0 Å². The summed E-state index contributed by atoms with van der Waals surface area (Å²) in [7, 11) is 0. The Bertz CT molecular complexity index is 867. The minimum atomic E-state index is -0.333. The zero-order chi connectivity index (χ0) is 20.9. The lowest BCUT2D eigenvalue weighted by Crippen LogP contribution is -2.54. The topological polar surface area (TPSA) is 43.9 Å². The number of carbonyl (C=O) groups is 2. The van der Waals surface area contributed by atoms with Crippen LogP contribution in [-0.2, 0) is 16.0 Å². The van der Waals surface area contributed by atoms with Gasteiger partial charge in [-0.1, -0.05) is 42.5 Å². The first-order valence-corrected chi connectivity index (χ1v) is 11.0. The molecule has 158 valence electrons. The highest BCUT2D eigenvalue weighted by Gasteiger charge is 2.31. The largest absolute Gasteiger partial charge is 0.368 e. The molecule has 0 aliphatic carbocycles. The van der Waals surface area contributed by atoms with Crippen molar-refractivity contribution in [3.05, 3.63) is 65.7 Å². The van der Waals surface area contributed by atoms with Gasteiger partial charge in [0, 0.05) is 45.0 Å². The van der Waals surface area contributed by atoms with Crippen molar-refractivity contribution < 1.29 is 9.59 Å². The fraction of sp³-hybridized carbons (Fsp3) is 0.440. The normalized spacial score (nSPS) is 17.8. The Morgan fingerprint density at radius 1 is 0.800 bits per heavy atom. The molecule has 0 unspecified atom stereocenters. The molecule has 5 heteroatoms. The quantitative estimate of drug-likeness (QED) is 0.737. The lowest BCUT2D eigenvalue weighted by molar-refractivity contribution is -0.152. The van der Waals surface area contributed by atoms with Crippen molar-refractivity contribution in [3.8, 4) is 0 Å². The third kappa shape index (κ3) is 4.84. The van der Waals surface area contributed by atoms with E-state index in [1.165, 1.54) is 16.8 Å². The van der Waals surface area contributed by atoms with E-state index in [9.17, 15) is 9.59 Å². The van der Waals surface area contributed by atoms with Crippen LogP contribution in [0.15, 0.2) is 54.6 Å². The number of carbonyl (C=O) groups excluding carboxylic acids is 2. The summed E-state index contributed by atoms with van der Waals surface area (Å²) in [6.07, 6.45) is 2.99. The third-order valence-corrected chi connectivity index (χ3v) is 6.39. The molecule has 2 heterocycles. The monoisotopic (exact) mass is 405 g/mol. The van der Waals surface area contributed by atoms with Crippen molar-refractivity contribution in [3.63, 3.8) is 0 Å². The van der Waals surface area contributed by atoms with E-state index in [0.29, 0.717) is 32.1 Å². The summed E-state index contributed by atoms with van der Waals surface area (Å²) in [5.41, 5.74) is 3.77. The number of anilines is 1. The Labute approximate surface area is 179 Å². The van der Waals surface area contributed by atoms with Crippen molar-refractivity contribution in [2.75, 3.05) is 44.2 Å². The zero-order valence-corrected chi connectivity index (χ0v) is 17.8. The molecule has 2 aliphatic rings. The lowest BCUT2D eigenvalue weighted by Gasteiger charge is -2.37. The second-order valence-corrected chi connectivity index (χ2v) is 8.54. The number of likely N-dealkylation sites (tertiary alicyclic amines) is 1. The number of amides is 2. The molecule has 0 radical (unpaired) electrons. The summed E-state index contributed by atoms with van der Waals surface area (Å²) in [4.78, 5) is 31.3. The Kier molecular flexibility index (Phi) is 6.36. The van der Waals surface area contributed by atoms with Crippen LogP contribution in [0, 0.1) is 12.8 Å². The predicted molar refractivity (Wildman–Crippen MR) is 119 cm³/mol. The molecule has 2 aromatic rings. The van der Waals surface area contributed by atoms with Gasteiger partial charge < -0.3 is 14.7 Å². The van der Waals surface area contributed by atoms with Crippen molar-refractivity contribution in [2.24, 2.45) is 5.92 Å². The molecule has 4 rings (SSSR count). The Morgan fingerprint density at radius 3 is 2.07 bits per heavy atom. The second kappa shape index (κ2) is 9.33. The Balaban J connectivity index is 1.25. The molecule has 0 aromatic heterocycles. The van der Waals surface area contributed by atoms with Gasteiger partial charge in [0.25, 0.3) is 0 Å². The van der Waals surface area contributed by atoms with E-state index in [1.54, 1.807) is 9.80 Å². The van der Waals surface area contributed by atoms with Gasteiger partial charge in [-0.3, -0.25) is 9.59 Å². The molecule has 2 aliphatic heterocycles. The maximum Gasteiger partial charge on any atom is 0.312 e. The van der Waals surface area contributed by atoms with Gasteiger partial charge >= 0.3 is 11.8 Å². The van der Waals surface area contributed by atoms with E-state index >= 15 is 0 Å². The van der Waals surface area contributed by atoms with Crippen LogP contribution >= 0.6 is 0 Å². The number of hydrogen-bond donors (Lipinski definition) is 0. The van der Waals surface area contributed by atoms with E-state index in [1.807, 2.05) is 6.07 Å². The van der Waals surface area contributed by atoms with E-state index in [0.717, 1.165) is 32.4 Å². The average molecular weight is 406 g/mol. The van der Waals surface area contributed by atoms with E-state index in [4.69, 9.17) is 0 Å². The van der Waals surface area contributed by atoms with Crippen LogP contribution in [0.3, 0.4) is 0 Å². The van der Waals surface area contributed by atoms with E-state index < -0.39 is 0 Å². The second-order valence-electron chi connectivity index (χ2n) is 8.54. The van der Waals surface area contributed by atoms with Crippen LogP contribution in [0.4, 0.5) is 5.69 Å². The van der Waals surface area contributed by atoms with Crippen LogP contribution in [-0.4, -0.2) is 60.9 Å². The molecule has 0 N–H and O–H groups in total. The molecule has 2 aromatic carbocycles. The first kappa shape index (κ1) is 20.5. The highest BCUT2D eigenvalue weighted by atomic mass is 16.2. The summed E-state index contributed by atoms with van der Waals surface area (Å²) in [6, 6.07) is 18.9. The number of nitrogens with zero attached hydrogens (tertiary/aromatic N) is 3. The van der Waals surface area contributed by atoms with Gasteiger partial charge in [-0.25, -0.2) is 0 Å². The van der Waals surface area contributed by atoms with Gasteiger partial charge in [0.05, 0.1) is 0 Å². The third-order valence-electron chi connectivity index (χ3n) is 6.39. The maximum absolute atomic E-state index is 12.8. The molecule has 0 atom stereocenters. The predicted octanol–water partition coefficient (Wildman–Crippen LogP) is 3.12. The van der Waals surface area contributed by atoms with Crippen molar-refractivity contribution in [2.45, 2.75) is 26.2 Å². The Morgan fingerprint density at radius 2 is 1.43 bits per heavy atom. The van der Waals surface area contributed by atoms with Gasteiger partial charge in [0.2, 0.25) is 0 Å². The van der Waals surface area contributed by atoms with E-state index in [-0.39, 0.29) is 11.8 Å². The van der Waals surface area contributed by atoms with Gasteiger partial charge in [-0.2, -0.15) is 0 Å². The smallest absolute Gasteiger partial charge is 0.312 e. The molecular weight excluding hydrogens is 374 g/mol. The fourth-order valence-electron chi connectivity index (χ4n) is 4.55. The zero-order valence-electron chi connectivity index (χ0n) is 17.8. The maximum atomic E-state index is 12.8. The summed E-state index contributed by atoms with van der Waals surface area (Å²) >= 11 is 0. The molecule has 2 saturated heterocycles. The highest BCUT2D eigenvalue weighted by Crippen LogP contribution is 2.22. The molecule has 0 spiro atoms. The molecule has 0 saturated carbocycles. The molecule has 2 amide bonds. The standard InChI is InChI=1S/C25H31N3O2/c1-20-6-5-9-23(18-20)26-14-16-28(17-15-26)25(30)24(29)27-12-10-22(11-13-27)19-21-7-3-2-4-8-21/h2-9,18,22H,10-17,19H2,1H3. The summed E-state index contributed by atoms with van der Waals surface area (Å²) in [5, 5.41) is 0. The first-order chi connectivity index (χ1) is 14.6. The number of piperazine rings is 1. The van der Waals surface area contributed by atoms with Crippen molar-refractivity contribution >= 4 is 17.5 Å². The number of rotatable bonds is 3. The number of piperidine rings is 1. The highest BCUT2D eigenvalue weighted by molar-refractivity contribution is 6.34. The van der Waals surface area contributed by atoms with Crippen LogP contribution in [0.1, 0.15) is 24.0 Å². The minimum Gasteiger partial charge on any atom is -0.368 e. The Hall–Kier alpha value is -2.82. The van der Waals surface area contributed by atoms with Crippen LogP contribution in [0.5, 0.6) is 0 Å². The minimum absolute atomic E-state index is 0.322. The number of benzene rings is 2. The van der Waals surface area contributed by atoms with Crippen molar-refractivity contribution in [1.82, 2.24) is 9.80 Å². The van der Waals surface area contributed by atoms with Gasteiger partial charge in [0.1, 0.15) is 0 Å². The van der Waals surface area contributed by atoms with Crippen LogP contribution < -0.4 is 4.90 Å². The fourth-order valence-corrected chi connectivity index (χ4v) is 4.55. The SMILES string of the molecule is Cc1cccc(N2CCN(C(=O)C(=O)N3CCC(Cc4ccccc4)CC3)CC2)c1. The van der Waals surface area contributed by atoms with Gasteiger partial charge in [-0.05, 0) is 55.4 Å². The molecule has 0 bridgehead atoms. The van der Waals surface area contributed by atoms with Crippen LogP contribution in [0.2, 0.25) is 0 Å². The van der Waals surface area contributed by atoms with E-state index in [2.05, 4.69) is 60.4 Å². The average Bonchev–Trinajstić information content (AvgIpc) is 2.79. The number of hydrogen-bond acceptors (Lipinski definition) is 3. The van der Waals surface area contributed by atoms with Gasteiger partial charge in [-0.15, -0.1) is 0 Å². The lowest BCUT2D eigenvalue weighted by atomic mass is 9.90. The summed E-state index contributed by atoms with van der Waals surface area (Å²) in [5.74, 6) is -0.0676. The molecular formula is C25H31N3O2. The van der Waals surface area contributed by atoms with Crippen molar-refractivity contribution in [1.29, 1.82) is 0 Å². The molecule has 30 heavy (non-hydrogen) atoms. The first-order valence-electron chi connectivity index (χ1n) is 11.0.